The van der Waals surface area contributed by atoms with E-state index in [1.54, 1.807) is 0 Å². The van der Waals surface area contributed by atoms with Crippen LogP contribution in [0.3, 0.4) is 0 Å². The Bertz CT molecular complexity index is 549. The highest BCUT2D eigenvalue weighted by atomic mass is 15.3. The van der Waals surface area contributed by atoms with Crippen LogP contribution in [0.15, 0.2) is 30.3 Å². The van der Waals surface area contributed by atoms with E-state index in [4.69, 9.17) is 5.73 Å². The molecule has 0 spiro atoms. The lowest BCUT2D eigenvalue weighted by Crippen LogP contribution is -2.20. The van der Waals surface area contributed by atoms with Crippen molar-refractivity contribution in [2.24, 2.45) is 5.73 Å². The van der Waals surface area contributed by atoms with Gasteiger partial charge in [-0.05, 0) is 39.0 Å². The average Bonchev–Trinajstić information content (AvgIpc) is 2.41. The third-order valence-electron chi connectivity index (χ3n) is 3.01. The summed E-state index contributed by atoms with van der Waals surface area (Å²) >= 11 is 0. The first-order valence-corrected chi connectivity index (χ1v) is 6.53. The first-order valence-electron chi connectivity index (χ1n) is 6.53. The van der Waals surface area contributed by atoms with Crippen LogP contribution in [0, 0.1) is 13.8 Å². The van der Waals surface area contributed by atoms with Gasteiger partial charge in [-0.2, -0.15) is 0 Å². The Morgan fingerprint density at radius 1 is 1.11 bits per heavy atom. The van der Waals surface area contributed by atoms with E-state index in [2.05, 4.69) is 53.0 Å². The summed E-state index contributed by atoms with van der Waals surface area (Å²) in [6, 6.07) is 10.3. The molecule has 19 heavy (non-hydrogen) atoms. The van der Waals surface area contributed by atoms with Crippen LogP contribution in [0.1, 0.15) is 23.9 Å². The second-order valence-electron chi connectivity index (χ2n) is 4.58. The quantitative estimate of drug-likeness (QED) is 0.913. The van der Waals surface area contributed by atoms with Gasteiger partial charge in [0.1, 0.15) is 0 Å². The van der Waals surface area contributed by atoms with E-state index in [1.807, 2.05) is 13.0 Å². The molecule has 0 atom stereocenters. The molecule has 1 heterocycles. The topological polar surface area (TPSA) is 55.0 Å². The number of rotatable bonds is 4. The summed E-state index contributed by atoms with van der Waals surface area (Å²) in [6.07, 6.45) is 0. The van der Waals surface area contributed by atoms with Gasteiger partial charge in [0, 0.05) is 24.5 Å². The lowest BCUT2D eigenvalue weighted by Gasteiger charge is -2.22. The van der Waals surface area contributed by atoms with Gasteiger partial charge in [0.2, 0.25) is 5.95 Å². The zero-order chi connectivity index (χ0) is 13.8. The molecule has 1 aromatic carbocycles. The maximum absolute atomic E-state index is 5.68. The number of nitrogens with zero attached hydrogens (tertiary/aromatic N) is 3. The summed E-state index contributed by atoms with van der Waals surface area (Å²) in [5.41, 5.74) is 9.83. The van der Waals surface area contributed by atoms with Crippen molar-refractivity contribution in [2.75, 3.05) is 11.4 Å². The second-order valence-corrected chi connectivity index (χ2v) is 4.58. The Morgan fingerprint density at radius 2 is 1.79 bits per heavy atom. The highest BCUT2D eigenvalue weighted by Crippen LogP contribution is 2.22. The largest absolute Gasteiger partial charge is 0.325 e. The Kier molecular flexibility index (Phi) is 4.12. The lowest BCUT2D eigenvalue weighted by atomic mass is 10.2. The van der Waals surface area contributed by atoms with Gasteiger partial charge in [0.15, 0.2) is 0 Å². The maximum Gasteiger partial charge on any atom is 0.230 e. The molecule has 0 radical (unpaired) electrons. The fraction of sp³-hybridized carbons (Fsp3) is 0.333. The molecule has 1 aromatic heterocycles. The van der Waals surface area contributed by atoms with E-state index < -0.39 is 0 Å². The Balaban J connectivity index is 2.41. The average molecular weight is 256 g/mol. The number of hydrogen-bond acceptors (Lipinski definition) is 4. The maximum atomic E-state index is 5.68. The van der Waals surface area contributed by atoms with Crippen LogP contribution >= 0.6 is 0 Å². The van der Waals surface area contributed by atoms with E-state index in [9.17, 15) is 0 Å². The molecule has 0 aliphatic heterocycles. The van der Waals surface area contributed by atoms with Crippen molar-refractivity contribution in [3.05, 3.63) is 47.3 Å². The van der Waals surface area contributed by atoms with Crippen LogP contribution in [0.25, 0.3) is 0 Å². The third kappa shape index (κ3) is 3.09. The standard InChI is InChI=1S/C15H20N4/c1-4-19(14-7-5-11(2)6-8-14)15-17-12(3)9-13(10-16)18-15/h5-9H,4,10,16H2,1-3H3. The number of hydrogen-bond donors (Lipinski definition) is 1. The fourth-order valence-electron chi connectivity index (χ4n) is 2.01. The van der Waals surface area contributed by atoms with Gasteiger partial charge in [-0.25, -0.2) is 9.97 Å². The Morgan fingerprint density at radius 3 is 2.37 bits per heavy atom. The third-order valence-corrected chi connectivity index (χ3v) is 3.01. The van der Waals surface area contributed by atoms with Gasteiger partial charge in [-0.3, -0.25) is 0 Å². The number of aryl methyl sites for hydroxylation is 2. The Hall–Kier alpha value is -1.94. The summed E-state index contributed by atoms with van der Waals surface area (Å²) in [5.74, 6) is 0.715. The van der Waals surface area contributed by atoms with Crippen molar-refractivity contribution in [1.29, 1.82) is 0 Å². The molecule has 100 valence electrons. The smallest absolute Gasteiger partial charge is 0.230 e. The fourth-order valence-corrected chi connectivity index (χ4v) is 2.01. The van der Waals surface area contributed by atoms with Crippen LogP contribution in [-0.2, 0) is 6.54 Å². The zero-order valence-electron chi connectivity index (χ0n) is 11.7. The number of nitrogens with two attached hydrogens (primary N) is 1. The zero-order valence-corrected chi connectivity index (χ0v) is 11.7. The van der Waals surface area contributed by atoms with Gasteiger partial charge < -0.3 is 10.6 Å². The van der Waals surface area contributed by atoms with Crippen LogP contribution in [0.4, 0.5) is 11.6 Å². The van der Waals surface area contributed by atoms with Gasteiger partial charge in [-0.1, -0.05) is 17.7 Å². The molecule has 0 amide bonds. The van der Waals surface area contributed by atoms with E-state index >= 15 is 0 Å². The summed E-state index contributed by atoms with van der Waals surface area (Å²) in [6.45, 7) is 7.38. The van der Waals surface area contributed by atoms with Crippen molar-refractivity contribution in [2.45, 2.75) is 27.3 Å². The minimum atomic E-state index is 0.432. The molecule has 0 aliphatic carbocycles. The summed E-state index contributed by atoms with van der Waals surface area (Å²) in [5, 5.41) is 0. The second kappa shape index (κ2) is 5.80. The molecule has 0 bridgehead atoms. The molecule has 0 fully saturated rings. The molecule has 0 saturated heterocycles. The van der Waals surface area contributed by atoms with E-state index in [0.717, 1.165) is 23.6 Å². The van der Waals surface area contributed by atoms with Crippen LogP contribution in [0.2, 0.25) is 0 Å². The molecular formula is C15H20N4. The van der Waals surface area contributed by atoms with Crippen molar-refractivity contribution >= 4 is 11.6 Å². The van der Waals surface area contributed by atoms with Crippen molar-refractivity contribution in [1.82, 2.24) is 9.97 Å². The molecule has 4 heteroatoms. The number of benzene rings is 1. The van der Waals surface area contributed by atoms with Crippen molar-refractivity contribution in [3.8, 4) is 0 Å². The van der Waals surface area contributed by atoms with E-state index in [1.165, 1.54) is 5.56 Å². The minimum absolute atomic E-state index is 0.432. The predicted octanol–water partition coefficient (Wildman–Crippen LogP) is 2.71. The molecule has 0 aliphatic rings. The molecule has 2 rings (SSSR count). The van der Waals surface area contributed by atoms with Gasteiger partial charge >= 0.3 is 0 Å². The van der Waals surface area contributed by atoms with E-state index in [-0.39, 0.29) is 0 Å². The molecule has 2 N–H and O–H groups in total. The summed E-state index contributed by atoms with van der Waals surface area (Å²) < 4.78 is 0. The SMILES string of the molecule is CCN(c1ccc(C)cc1)c1nc(C)cc(CN)n1. The van der Waals surface area contributed by atoms with Crippen molar-refractivity contribution < 1.29 is 0 Å². The highest BCUT2D eigenvalue weighted by molar-refractivity contribution is 5.57. The molecule has 0 saturated carbocycles. The number of anilines is 2. The number of aromatic nitrogens is 2. The van der Waals surface area contributed by atoms with Crippen LogP contribution in [0.5, 0.6) is 0 Å². The predicted molar refractivity (Wildman–Crippen MR) is 78.5 cm³/mol. The first kappa shape index (κ1) is 13.5. The lowest BCUT2D eigenvalue weighted by molar-refractivity contribution is 0.888. The molecule has 4 nitrogen and oxygen atoms in total. The first-order chi connectivity index (χ1) is 9.13. The molecule has 2 aromatic rings. The van der Waals surface area contributed by atoms with Gasteiger partial charge in [-0.15, -0.1) is 0 Å². The van der Waals surface area contributed by atoms with Gasteiger partial charge in [0.25, 0.3) is 0 Å². The highest BCUT2D eigenvalue weighted by Gasteiger charge is 2.11. The summed E-state index contributed by atoms with van der Waals surface area (Å²) in [4.78, 5) is 11.1. The van der Waals surface area contributed by atoms with Crippen LogP contribution < -0.4 is 10.6 Å². The monoisotopic (exact) mass is 256 g/mol. The minimum Gasteiger partial charge on any atom is -0.325 e. The summed E-state index contributed by atoms with van der Waals surface area (Å²) in [7, 11) is 0. The van der Waals surface area contributed by atoms with Crippen molar-refractivity contribution in [3.63, 3.8) is 0 Å². The van der Waals surface area contributed by atoms with Gasteiger partial charge in [0.05, 0.1) is 5.69 Å². The van der Waals surface area contributed by atoms with E-state index in [0.29, 0.717) is 12.5 Å². The molecule has 0 unspecified atom stereocenters. The van der Waals surface area contributed by atoms with Crippen LogP contribution in [-0.4, -0.2) is 16.5 Å². The molecular weight excluding hydrogens is 236 g/mol. The Labute approximate surface area is 114 Å². The normalized spacial score (nSPS) is 10.5.